The lowest BCUT2D eigenvalue weighted by Gasteiger charge is -2.45. The van der Waals surface area contributed by atoms with E-state index in [0.717, 1.165) is 12.1 Å². The minimum absolute atomic E-state index is 0.112. The highest BCUT2D eigenvalue weighted by atomic mass is 16.7. The van der Waals surface area contributed by atoms with Gasteiger partial charge in [-0.3, -0.25) is 4.79 Å². The molecule has 0 amide bonds. The second-order valence-electron chi connectivity index (χ2n) is 12.9. The van der Waals surface area contributed by atoms with Gasteiger partial charge in [0.25, 0.3) is 0 Å². The predicted octanol–water partition coefficient (Wildman–Crippen LogP) is -3.92. The maximum absolute atomic E-state index is 14.0. The monoisotopic (exact) mass is 756 g/mol. The summed E-state index contributed by atoms with van der Waals surface area (Å²) in [7, 11) is 0. The lowest BCUT2D eigenvalue weighted by molar-refractivity contribution is -0.349. The first-order valence-electron chi connectivity index (χ1n) is 16.4. The zero-order chi connectivity index (χ0) is 38.5. The molecule has 3 aromatic rings. The van der Waals surface area contributed by atoms with Gasteiger partial charge in [-0.2, -0.15) is 0 Å². The van der Waals surface area contributed by atoms with E-state index in [-0.39, 0.29) is 28.4 Å². The molecule has 292 valence electrons. The van der Waals surface area contributed by atoms with Gasteiger partial charge in [-0.25, -0.2) is 0 Å². The first-order chi connectivity index (χ1) is 25.1. The number of phenolic OH excluding ortho intramolecular Hbond substituents is 2. The molecule has 20 nitrogen and oxygen atoms in total. The summed E-state index contributed by atoms with van der Waals surface area (Å²) in [4.78, 5) is 14.0. The molecular formula is C33H40O20. The number of hydrogen-bond acceptors (Lipinski definition) is 20. The Bertz CT molecular complexity index is 1780. The number of aliphatic hydroxyl groups is 10. The Morgan fingerprint density at radius 2 is 1.25 bits per heavy atom. The molecule has 12 N–H and O–H groups in total. The summed E-state index contributed by atoms with van der Waals surface area (Å²) in [6, 6.07) is 7.20. The second-order valence-corrected chi connectivity index (χ2v) is 12.9. The van der Waals surface area contributed by atoms with Gasteiger partial charge in [-0.05, 0) is 31.2 Å². The SMILES string of the molecule is C[C@@H]1O[C@@H](O[C@H]2[C@H](O)[C@@H](O)[C@H](Oc3c(-c4ccc(O)cc4)oc4cc(O[C@@H]5O[C@H](CO)[C@@H](O)[C@H](O)[C@H]5O)cc(O)c4c3=O)O[C@@H]2CO)[C@H](O)[C@H](O)[C@H]1O. The third-order valence-corrected chi connectivity index (χ3v) is 9.29. The van der Waals surface area contributed by atoms with Crippen molar-refractivity contribution in [3.63, 3.8) is 0 Å². The van der Waals surface area contributed by atoms with Crippen LogP contribution < -0.4 is 14.9 Å². The van der Waals surface area contributed by atoms with Gasteiger partial charge >= 0.3 is 0 Å². The highest BCUT2D eigenvalue weighted by Gasteiger charge is 2.51. The van der Waals surface area contributed by atoms with E-state index in [2.05, 4.69) is 0 Å². The third kappa shape index (κ3) is 7.39. The maximum atomic E-state index is 14.0. The van der Waals surface area contributed by atoms with Crippen molar-refractivity contribution in [3.05, 3.63) is 46.6 Å². The maximum Gasteiger partial charge on any atom is 0.239 e. The fourth-order valence-electron chi connectivity index (χ4n) is 6.25. The summed E-state index contributed by atoms with van der Waals surface area (Å²) in [5.41, 5.74) is -1.26. The zero-order valence-electron chi connectivity index (χ0n) is 27.7. The fraction of sp³-hybridized carbons (Fsp3) is 0.545. The molecule has 6 rings (SSSR count). The highest BCUT2D eigenvalue weighted by molar-refractivity contribution is 5.88. The van der Waals surface area contributed by atoms with Crippen molar-refractivity contribution in [1.82, 2.24) is 0 Å². The quantitative estimate of drug-likeness (QED) is 0.0992. The molecule has 3 saturated heterocycles. The van der Waals surface area contributed by atoms with Crippen LogP contribution in [0.25, 0.3) is 22.3 Å². The summed E-state index contributed by atoms with van der Waals surface area (Å²) in [5, 5.41) is 123. The van der Waals surface area contributed by atoms with Gasteiger partial charge in [0.2, 0.25) is 23.8 Å². The van der Waals surface area contributed by atoms with Crippen molar-refractivity contribution in [1.29, 1.82) is 0 Å². The average molecular weight is 757 g/mol. The van der Waals surface area contributed by atoms with Crippen LogP contribution in [0.4, 0.5) is 0 Å². The number of fused-ring (bicyclic) bond motifs is 1. The van der Waals surface area contributed by atoms with Crippen LogP contribution in [0.1, 0.15) is 6.92 Å². The van der Waals surface area contributed by atoms with Crippen molar-refractivity contribution in [2.45, 2.75) is 99.0 Å². The number of ether oxygens (including phenoxy) is 6. The van der Waals surface area contributed by atoms with Crippen LogP contribution in [0.15, 0.2) is 45.6 Å². The van der Waals surface area contributed by atoms with E-state index >= 15 is 0 Å². The Morgan fingerprint density at radius 1 is 0.660 bits per heavy atom. The molecule has 0 bridgehead atoms. The molecule has 3 aliphatic rings. The summed E-state index contributed by atoms with van der Waals surface area (Å²) in [6.07, 6.45) is -24.9. The first-order valence-corrected chi connectivity index (χ1v) is 16.4. The van der Waals surface area contributed by atoms with Gasteiger partial charge < -0.3 is 94.1 Å². The van der Waals surface area contributed by atoms with Crippen LogP contribution in [0.5, 0.6) is 23.0 Å². The second kappa shape index (κ2) is 15.6. The van der Waals surface area contributed by atoms with E-state index in [1.54, 1.807) is 0 Å². The minimum Gasteiger partial charge on any atom is -0.508 e. The molecule has 2 aromatic carbocycles. The van der Waals surface area contributed by atoms with E-state index in [1.165, 1.54) is 31.2 Å². The molecule has 0 saturated carbocycles. The van der Waals surface area contributed by atoms with Gasteiger partial charge in [-0.15, -0.1) is 0 Å². The van der Waals surface area contributed by atoms with Crippen LogP contribution in [0.2, 0.25) is 0 Å². The Morgan fingerprint density at radius 3 is 1.91 bits per heavy atom. The molecule has 53 heavy (non-hydrogen) atoms. The van der Waals surface area contributed by atoms with Crippen molar-refractivity contribution in [2.75, 3.05) is 13.2 Å². The lowest BCUT2D eigenvalue weighted by atomic mass is 9.97. The largest absolute Gasteiger partial charge is 0.508 e. The van der Waals surface area contributed by atoms with Crippen LogP contribution in [0, 0.1) is 0 Å². The van der Waals surface area contributed by atoms with Crippen molar-refractivity contribution in [3.8, 4) is 34.3 Å². The molecule has 0 unspecified atom stereocenters. The van der Waals surface area contributed by atoms with Crippen LogP contribution >= 0.6 is 0 Å². The summed E-state index contributed by atoms with van der Waals surface area (Å²) >= 11 is 0. The molecule has 4 heterocycles. The molecule has 1 aromatic heterocycles. The van der Waals surface area contributed by atoms with Gasteiger partial charge in [0.05, 0.1) is 19.3 Å². The van der Waals surface area contributed by atoms with Gasteiger partial charge in [-0.1, -0.05) is 0 Å². The number of benzene rings is 2. The lowest BCUT2D eigenvalue weighted by Crippen LogP contribution is -2.64. The Hall–Kier alpha value is -3.71. The number of aliphatic hydroxyl groups excluding tert-OH is 10. The summed E-state index contributed by atoms with van der Waals surface area (Å²) in [6.45, 7) is -0.219. The Balaban J connectivity index is 1.33. The summed E-state index contributed by atoms with van der Waals surface area (Å²) < 4.78 is 39.4. The molecular weight excluding hydrogens is 716 g/mol. The predicted molar refractivity (Wildman–Crippen MR) is 171 cm³/mol. The van der Waals surface area contributed by atoms with Crippen molar-refractivity contribution in [2.24, 2.45) is 0 Å². The minimum atomic E-state index is -2.03. The zero-order valence-corrected chi connectivity index (χ0v) is 27.7. The number of aromatic hydroxyl groups is 2. The standard InChI is InChI=1S/C33H40O20/c1-10-19(38)22(41)25(44)31(47-10)52-29-17(9-35)51-33(27(46)24(29)43)53-30-21(40)18-14(37)6-13(48-32-26(45)23(42)20(39)16(8-34)50-32)7-15(18)49-28(30)11-2-4-12(36)5-3-11/h2-7,10,16-17,19-20,22-27,29,31-39,41-46H,8-9H2,1H3/t10-,16+,17+,19-,20+,22+,23-,24+,25+,26+,27+,29+,31-,32+,33-/m0/s1. The topological polar surface area (TPSA) is 328 Å². The van der Waals surface area contributed by atoms with Gasteiger partial charge in [0, 0.05) is 17.7 Å². The van der Waals surface area contributed by atoms with Crippen LogP contribution in [0.3, 0.4) is 0 Å². The van der Waals surface area contributed by atoms with Crippen molar-refractivity contribution >= 4 is 11.0 Å². The van der Waals surface area contributed by atoms with E-state index in [0.29, 0.717) is 0 Å². The van der Waals surface area contributed by atoms with Crippen molar-refractivity contribution < 1.29 is 94.1 Å². The average Bonchev–Trinajstić information content (AvgIpc) is 3.13. The number of hydrogen-bond donors (Lipinski definition) is 12. The Labute approximate surface area is 298 Å². The van der Waals surface area contributed by atoms with Crippen LogP contribution in [-0.2, 0) is 18.9 Å². The van der Waals surface area contributed by atoms with Gasteiger partial charge in [0.15, 0.2) is 12.1 Å². The highest BCUT2D eigenvalue weighted by Crippen LogP contribution is 2.39. The van der Waals surface area contributed by atoms with E-state index in [1.807, 2.05) is 0 Å². The molecule has 3 aliphatic heterocycles. The summed E-state index contributed by atoms with van der Waals surface area (Å²) in [5.74, 6) is -2.21. The molecule has 0 aliphatic carbocycles. The molecule has 3 fully saturated rings. The smallest absolute Gasteiger partial charge is 0.239 e. The van der Waals surface area contributed by atoms with E-state index < -0.39 is 128 Å². The van der Waals surface area contributed by atoms with Gasteiger partial charge in [0.1, 0.15) is 95.4 Å². The molecule has 20 heteroatoms. The molecule has 0 spiro atoms. The van der Waals surface area contributed by atoms with E-state index in [9.17, 15) is 66.1 Å². The van der Waals surface area contributed by atoms with Crippen LogP contribution in [-0.4, -0.2) is 167 Å². The Kier molecular flexibility index (Phi) is 11.5. The molecule has 15 atom stereocenters. The number of phenols is 2. The third-order valence-electron chi connectivity index (χ3n) is 9.29. The van der Waals surface area contributed by atoms with E-state index in [4.69, 9.17) is 32.8 Å². The fourth-order valence-corrected chi connectivity index (χ4v) is 6.25. The number of rotatable bonds is 9. The molecule has 0 radical (unpaired) electrons. The first kappa shape index (κ1) is 39.0. The normalized spacial score (nSPS) is 37.8.